The van der Waals surface area contributed by atoms with E-state index in [-0.39, 0.29) is 11.8 Å². The largest absolute Gasteiger partial charge is 0.355 e. The van der Waals surface area contributed by atoms with Gasteiger partial charge in [0.15, 0.2) is 0 Å². The lowest BCUT2D eigenvalue weighted by Gasteiger charge is -2.18. The molecule has 0 radical (unpaired) electrons. The van der Waals surface area contributed by atoms with E-state index in [0.29, 0.717) is 24.4 Å². The fraction of sp³-hybridized carbons (Fsp3) is 0.467. The Kier molecular flexibility index (Phi) is 5.55. The molecule has 0 heterocycles. The molecule has 0 aliphatic rings. The van der Waals surface area contributed by atoms with Gasteiger partial charge in [0.05, 0.1) is 0 Å². The maximum Gasteiger partial charge on any atom is 0.251 e. The van der Waals surface area contributed by atoms with E-state index in [1.54, 1.807) is 31.1 Å². The van der Waals surface area contributed by atoms with Gasteiger partial charge in [-0.25, -0.2) is 0 Å². The van der Waals surface area contributed by atoms with E-state index in [2.05, 4.69) is 5.32 Å². The maximum absolute atomic E-state index is 11.8. The van der Waals surface area contributed by atoms with Gasteiger partial charge in [0.1, 0.15) is 0 Å². The highest BCUT2D eigenvalue weighted by molar-refractivity contribution is 5.93. The van der Waals surface area contributed by atoms with Gasteiger partial charge in [0, 0.05) is 32.6 Å². The van der Waals surface area contributed by atoms with E-state index in [1.165, 1.54) is 0 Å². The molecule has 19 heavy (non-hydrogen) atoms. The predicted molar refractivity (Wildman–Crippen MR) is 75.8 cm³/mol. The Morgan fingerprint density at radius 2 is 1.79 bits per heavy atom. The standard InChI is InChI=1S/C15H22N2O2/c1-11(2)9-14(18)17(4)10-12-5-7-13(8-6-12)15(19)16-3/h5-8,11H,9-10H2,1-4H3,(H,16,19). The molecule has 0 atom stereocenters. The number of carbonyl (C=O) groups is 2. The van der Waals surface area contributed by atoms with Gasteiger partial charge in [0.2, 0.25) is 5.91 Å². The van der Waals surface area contributed by atoms with Crippen molar-refractivity contribution in [3.05, 3.63) is 35.4 Å². The molecule has 0 aromatic heterocycles. The number of nitrogens with one attached hydrogen (secondary N) is 1. The Morgan fingerprint density at radius 3 is 2.26 bits per heavy atom. The summed E-state index contributed by atoms with van der Waals surface area (Å²) in [4.78, 5) is 25.0. The van der Waals surface area contributed by atoms with Gasteiger partial charge < -0.3 is 10.2 Å². The summed E-state index contributed by atoms with van der Waals surface area (Å²) >= 11 is 0. The quantitative estimate of drug-likeness (QED) is 0.883. The summed E-state index contributed by atoms with van der Waals surface area (Å²) in [5.41, 5.74) is 1.65. The van der Waals surface area contributed by atoms with Gasteiger partial charge in [-0.05, 0) is 23.6 Å². The van der Waals surface area contributed by atoms with Gasteiger partial charge in [-0.1, -0.05) is 26.0 Å². The third-order valence-corrected chi connectivity index (χ3v) is 2.87. The smallest absolute Gasteiger partial charge is 0.251 e. The lowest BCUT2D eigenvalue weighted by Crippen LogP contribution is -2.27. The predicted octanol–water partition coefficient (Wildman–Crippen LogP) is 2.05. The first-order valence-corrected chi connectivity index (χ1v) is 6.49. The molecule has 4 nitrogen and oxygen atoms in total. The molecule has 2 amide bonds. The van der Waals surface area contributed by atoms with Crippen LogP contribution in [-0.4, -0.2) is 30.8 Å². The number of carbonyl (C=O) groups excluding carboxylic acids is 2. The molecule has 0 fully saturated rings. The van der Waals surface area contributed by atoms with Crippen molar-refractivity contribution in [3.8, 4) is 0 Å². The summed E-state index contributed by atoms with van der Waals surface area (Å²) in [6.45, 7) is 4.63. The van der Waals surface area contributed by atoms with Crippen molar-refractivity contribution in [1.29, 1.82) is 0 Å². The van der Waals surface area contributed by atoms with E-state index in [4.69, 9.17) is 0 Å². The molecule has 0 saturated carbocycles. The van der Waals surface area contributed by atoms with Gasteiger partial charge in [-0.2, -0.15) is 0 Å². The van der Waals surface area contributed by atoms with Crippen LogP contribution in [0.2, 0.25) is 0 Å². The van der Waals surface area contributed by atoms with E-state index in [9.17, 15) is 9.59 Å². The average molecular weight is 262 g/mol. The van der Waals surface area contributed by atoms with Crippen molar-refractivity contribution in [1.82, 2.24) is 10.2 Å². The second-order valence-corrected chi connectivity index (χ2v) is 5.12. The van der Waals surface area contributed by atoms with Crippen LogP contribution in [0.5, 0.6) is 0 Å². The van der Waals surface area contributed by atoms with Crippen molar-refractivity contribution >= 4 is 11.8 Å². The van der Waals surface area contributed by atoms with E-state index >= 15 is 0 Å². The van der Waals surface area contributed by atoms with Crippen molar-refractivity contribution in [3.63, 3.8) is 0 Å². The molecule has 104 valence electrons. The molecule has 1 rings (SSSR count). The highest BCUT2D eigenvalue weighted by atomic mass is 16.2. The van der Waals surface area contributed by atoms with Crippen LogP contribution in [0.25, 0.3) is 0 Å². The van der Waals surface area contributed by atoms with E-state index in [0.717, 1.165) is 5.56 Å². The first-order chi connectivity index (χ1) is 8.93. The first-order valence-electron chi connectivity index (χ1n) is 6.49. The molecule has 1 aromatic rings. The zero-order chi connectivity index (χ0) is 14.4. The summed E-state index contributed by atoms with van der Waals surface area (Å²) in [5, 5.41) is 2.58. The minimum absolute atomic E-state index is 0.101. The Hall–Kier alpha value is -1.84. The van der Waals surface area contributed by atoms with Gasteiger partial charge >= 0.3 is 0 Å². The summed E-state index contributed by atoms with van der Waals surface area (Å²) in [6, 6.07) is 7.30. The summed E-state index contributed by atoms with van der Waals surface area (Å²) < 4.78 is 0. The number of benzene rings is 1. The van der Waals surface area contributed by atoms with Gasteiger partial charge in [0.25, 0.3) is 5.91 Å². The number of hydrogen-bond donors (Lipinski definition) is 1. The lowest BCUT2D eigenvalue weighted by atomic mass is 10.1. The molecule has 0 bridgehead atoms. The highest BCUT2D eigenvalue weighted by Crippen LogP contribution is 2.09. The average Bonchev–Trinajstić information content (AvgIpc) is 2.37. The Labute approximate surface area is 114 Å². The zero-order valence-corrected chi connectivity index (χ0v) is 12.1. The van der Waals surface area contributed by atoms with Crippen LogP contribution in [0.15, 0.2) is 24.3 Å². The molecular formula is C15H22N2O2. The van der Waals surface area contributed by atoms with Crippen LogP contribution in [0.3, 0.4) is 0 Å². The van der Waals surface area contributed by atoms with Gasteiger partial charge in [-0.15, -0.1) is 0 Å². The number of nitrogens with zero attached hydrogens (tertiary/aromatic N) is 1. The zero-order valence-electron chi connectivity index (χ0n) is 12.1. The first kappa shape index (κ1) is 15.2. The monoisotopic (exact) mass is 262 g/mol. The topological polar surface area (TPSA) is 49.4 Å². The molecule has 1 aromatic carbocycles. The number of rotatable bonds is 5. The molecule has 1 N–H and O–H groups in total. The Bertz CT molecular complexity index is 438. The molecule has 0 aliphatic heterocycles. The Morgan fingerprint density at radius 1 is 1.21 bits per heavy atom. The van der Waals surface area contributed by atoms with Crippen molar-refractivity contribution in [2.45, 2.75) is 26.8 Å². The van der Waals surface area contributed by atoms with Crippen molar-refractivity contribution in [2.75, 3.05) is 14.1 Å². The van der Waals surface area contributed by atoms with Crippen molar-refractivity contribution < 1.29 is 9.59 Å². The van der Waals surface area contributed by atoms with Crippen LogP contribution in [0.4, 0.5) is 0 Å². The minimum Gasteiger partial charge on any atom is -0.355 e. The van der Waals surface area contributed by atoms with E-state index in [1.807, 2.05) is 26.0 Å². The van der Waals surface area contributed by atoms with Gasteiger partial charge in [-0.3, -0.25) is 9.59 Å². The normalized spacial score (nSPS) is 10.4. The number of amides is 2. The van der Waals surface area contributed by atoms with E-state index < -0.39 is 0 Å². The second kappa shape index (κ2) is 6.92. The lowest BCUT2D eigenvalue weighted by molar-refractivity contribution is -0.131. The second-order valence-electron chi connectivity index (χ2n) is 5.12. The highest BCUT2D eigenvalue weighted by Gasteiger charge is 2.11. The SMILES string of the molecule is CNC(=O)c1ccc(CN(C)C(=O)CC(C)C)cc1. The molecule has 4 heteroatoms. The number of hydrogen-bond acceptors (Lipinski definition) is 2. The summed E-state index contributed by atoms with van der Waals surface area (Å²) in [6.07, 6.45) is 0.562. The third-order valence-electron chi connectivity index (χ3n) is 2.87. The molecule has 0 aliphatic carbocycles. The van der Waals surface area contributed by atoms with Crippen LogP contribution in [0.1, 0.15) is 36.2 Å². The maximum atomic E-state index is 11.8. The molecule has 0 unspecified atom stereocenters. The fourth-order valence-corrected chi connectivity index (χ4v) is 1.77. The summed E-state index contributed by atoms with van der Waals surface area (Å²) in [5.74, 6) is 0.409. The molecule has 0 saturated heterocycles. The molecule has 0 spiro atoms. The van der Waals surface area contributed by atoms with Crippen LogP contribution in [-0.2, 0) is 11.3 Å². The minimum atomic E-state index is -0.101. The van der Waals surface area contributed by atoms with Crippen molar-refractivity contribution in [2.24, 2.45) is 5.92 Å². The Balaban J connectivity index is 2.62. The third kappa shape index (κ3) is 4.73. The molecular weight excluding hydrogens is 240 g/mol. The van der Waals surface area contributed by atoms with Crippen LogP contribution >= 0.6 is 0 Å². The van der Waals surface area contributed by atoms with Crippen LogP contribution in [0, 0.1) is 5.92 Å². The van der Waals surface area contributed by atoms with Crippen LogP contribution < -0.4 is 5.32 Å². The summed E-state index contributed by atoms with van der Waals surface area (Å²) in [7, 11) is 3.41. The fourth-order valence-electron chi connectivity index (χ4n) is 1.77.